The van der Waals surface area contributed by atoms with Crippen LogP contribution in [0.1, 0.15) is 32.2 Å². The lowest BCUT2D eigenvalue weighted by atomic mass is 9.96. The summed E-state index contributed by atoms with van der Waals surface area (Å²) in [6.45, 7) is 6.99. The van der Waals surface area contributed by atoms with Crippen LogP contribution in [-0.4, -0.2) is 9.36 Å². The number of para-hydroxylation sites is 1. The Kier molecular flexibility index (Phi) is 3.52. The number of nitrogen functional groups attached to an aromatic ring is 1. The van der Waals surface area contributed by atoms with Gasteiger partial charge in [0, 0.05) is 29.2 Å². The van der Waals surface area contributed by atoms with Gasteiger partial charge in [0.25, 0.3) is 0 Å². The van der Waals surface area contributed by atoms with Gasteiger partial charge >= 0.3 is 0 Å². The molecule has 0 radical (unpaired) electrons. The highest BCUT2D eigenvalue weighted by atomic mass is 32.1. The first-order chi connectivity index (χ1) is 8.47. The summed E-state index contributed by atoms with van der Waals surface area (Å²) >= 11 is 1.39. The van der Waals surface area contributed by atoms with E-state index in [2.05, 4.69) is 35.4 Å². The summed E-state index contributed by atoms with van der Waals surface area (Å²) in [6.07, 6.45) is 0. The number of nitrogens with one attached hydrogen (secondary N) is 1. The second kappa shape index (κ2) is 4.94. The number of anilines is 2. The molecular formula is C13H18N4S. The van der Waals surface area contributed by atoms with Gasteiger partial charge in [0.1, 0.15) is 5.82 Å². The minimum atomic E-state index is -0.0117. The molecule has 0 saturated heterocycles. The van der Waals surface area contributed by atoms with Crippen LogP contribution < -0.4 is 11.1 Å². The van der Waals surface area contributed by atoms with E-state index in [9.17, 15) is 0 Å². The Balaban J connectivity index is 2.03. The highest BCUT2D eigenvalue weighted by Gasteiger charge is 2.19. The number of hydrogen-bond donors (Lipinski definition) is 2. The lowest BCUT2D eigenvalue weighted by molar-refractivity contribution is 0.555. The molecule has 4 nitrogen and oxygen atoms in total. The van der Waals surface area contributed by atoms with Gasteiger partial charge in [-0.25, -0.2) is 4.98 Å². The monoisotopic (exact) mass is 262 g/mol. The summed E-state index contributed by atoms with van der Waals surface area (Å²) in [4.78, 5) is 4.48. The van der Waals surface area contributed by atoms with Crippen LogP contribution in [0.15, 0.2) is 24.3 Å². The standard InChI is InChI=1S/C13H18N4S/c1-13(2,3)11-16-12(18-17-11)15-8-9-6-4-5-7-10(9)14/h4-7H,8,14H2,1-3H3,(H,15,16,17). The molecule has 2 rings (SSSR count). The number of nitrogens with two attached hydrogens (primary N) is 1. The normalized spacial score (nSPS) is 11.5. The lowest BCUT2D eigenvalue weighted by Crippen LogP contribution is -2.13. The first-order valence-electron chi connectivity index (χ1n) is 5.88. The summed E-state index contributed by atoms with van der Waals surface area (Å²) in [6, 6.07) is 7.82. The van der Waals surface area contributed by atoms with Crippen LogP contribution in [0.25, 0.3) is 0 Å². The maximum absolute atomic E-state index is 5.89. The molecule has 0 fully saturated rings. The molecule has 0 atom stereocenters. The van der Waals surface area contributed by atoms with Crippen molar-refractivity contribution >= 4 is 22.4 Å². The maximum Gasteiger partial charge on any atom is 0.202 e. The molecule has 0 unspecified atom stereocenters. The summed E-state index contributed by atoms with van der Waals surface area (Å²) in [7, 11) is 0. The molecule has 2 aromatic rings. The topological polar surface area (TPSA) is 63.8 Å². The van der Waals surface area contributed by atoms with Crippen molar-refractivity contribution in [3.8, 4) is 0 Å². The number of aromatic nitrogens is 2. The van der Waals surface area contributed by atoms with E-state index in [1.165, 1.54) is 11.5 Å². The first-order valence-corrected chi connectivity index (χ1v) is 6.65. The third-order valence-electron chi connectivity index (χ3n) is 2.58. The Morgan fingerprint density at radius 1 is 1.28 bits per heavy atom. The van der Waals surface area contributed by atoms with Crippen LogP contribution in [0.5, 0.6) is 0 Å². The third kappa shape index (κ3) is 2.98. The molecule has 3 N–H and O–H groups in total. The van der Waals surface area contributed by atoms with Gasteiger partial charge in [0.2, 0.25) is 5.13 Å². The zero-order valence-electron chi connectivity index (χ0n) is 10.9. The number of benzene rings is 1. The van der Waals surface area contributed by atoms with Gasteiger partial charge in [0.05, 0.1) is 0 Å². The highest BCUT2D eigenvalue weighted by molar-refractivity contribution is 7.09. The van der Waals surface area contributed by atoms with Crippen LogP contribution in [0.3, 0.4) is 0 Å². The van der Waals surface area contributed by atoms with E-state index in [0.717, 1.165) is 22.2 Å². The molecule has 1 aromatic heterocycles. The second-order valence-electron chi connectivity index (χ2n) is 5.23. The van der Waals surface area contributed by atoms with E-state index >= 15 is 0 Å². The SMILES string of the molecule is CC(C)(C)c1nsc(NCc2ccccc2N)n1. The fourth-order valence-electron chi connectivity index (χ4n) is 1.47. The van der Waals surface area contributed by atoms with Crippen molar-refractivity contribution in [2.24, 2.45) is 0 Å². The van der Waals surface area contributed by atoms with Gasteiger partial charge < -0.3 is 11.1 Å². The maximum atomic E-state index is 5.89. The predicted molar refractivity (Wildman–Crippen MR) is 76.8 cm³/mol. The average Bonchev–Trinajstić information content (AvgIpc) is 2.76. The van der Waals surface area contributed by atoms with Crippen molar-refractivity contribution in [1.29, 1.82) is 0 Å². The zero-order valence-corrected chi connectivity index (χ0v) is 11.7. The van der Waals surface area contributed by atoms with E-state index < -0.39 is 0 Å². The van der Waals surface area contributed by atoms with Crippen molar-refractivity contribution in [2.75, 3.05) is 11.1 Å². The fourth-order valence-corrected chi connectivity index (χ4v) is 2.22. The molecule has 1 heterocycles. The first kappa shape index (κ1) is 12.8. The van der Waals surface area contributed by atoms with E-state index in [4.69, 9.17) is 5.73 Å². The molecule has 5 heteroatoms. The second-order valence-corrected chi connectivity index (χ2v) is 5.98. The van der Waals surface area contributed by atoms with Gasteiger partial charge in [-0.2, -0.15) is 4.37 Å². The molecule has 18 heavy (non-hydrogen) atoms. The summed E-state index contributed by atoms with van der Waals surface area (Å²) in [5, 5.41) is 4.10. The lowest BCUT2D eigenvalue weighted by Gasteiger charge is -2.12. The van der Waals surface area contributed by atoms with Crippen LogP contribution in [0.4, 0.5) is 10.8 Å². The number of hydrogen-bond acceptors (Lipinski definition) is 5. The van der Waals surface area contributed by atoms with Crippen molar-refractivity contribution in [2.45, 2.75) is 32.7 Å². The van der Waals surface area contributed by atoms with Crippen molar-refractivity contribution < 1.29 is 0 Å². The van der Waals surface area contributed by atoms with Crippen LogP contribution in [0, 0.1) is 0 Å². The van der Waals surface area contributed by atoms with Gasteiger partial charge in [-0.3, -0.25) is 0 Å². The molecule has 0 bridgehead atoms. The molecule has 96 valence electrons. The molecular weight excluding hydrogens is 244 g/mol. The van der Waals surface area contributed by atoms with E-state index in [1.54, 1.807) is 0 Å². The molecule has 0 aliphatic rings. The number of nitrogens with zero attached hydrogens (tertiary/aromatic N) is 2. The van der Waals surface area contributed by atoms with Crippen molar-refractivity contribution in [3.05, 3.63) is 35.7 Å². The molecule has 0 aliphatic heterocycles. The molecule has 0 aliphatic carbocycles. The zero-order chi connectivity index (χ0) is 13.2. The largest absolute Gasteiger partial charge is 0.398 e. The summed E-state index contributed by atoms with van der Waals surface area (Å²) < 4.78 is 4.36. The quantitative estimate of drug-likeness (QED) is 0.835. The molecule has 1 aromatic carbocycles. The Bertz CT molecular complexity index is 528. The number of rotatable bonds is 3. The van der Waals surface area contributed by atoms with Crippen molar-refractivity contribution in [3.63, 3.8) is 0 Å². The van der Waals surface area contributed by atoms with E-state index in [1.807, 2.05) is 24.3 Å². The molecule has 0 spiro atoms. The highest BCUT2D eigenvalue weighted by Crippen LogP contribution is 2.23. The van der Waals surface area contributed by atoms with Gasteiger partial charge in [-0.1, -0.05) is 39.0 Å². The fraction of sp³-hybridized carbons (Fsp3) is 0.385. The smallest absolute Gasteiger partial charge is 0.202 e. The Labute approximate surface area is 111 Å². The van der Waals surface area contributed by atoms with Crippen molar-refractivity contribution in [1.82, 2.24) is 9.36 Å². The Morgan fingerprint density at radius 2 is 2.00 bits per heavy atom. The van der Waals surface area contributed by atoms with Crippen LogP contribution in [-0.2, 0) is 12.0 Å². The summed E-state index contributed by atoms with van der Waals surface area (Å²) in [5.41, 5.74) is 7.75. The van der Waals surface area contributed by atoms with Crippen LogP contribution >= 0.6 is 11.5 Å². The van der Waals surface area contributed by atoms with E-state index in [0.29, 0.717) is 6.54 Å². The van der Waals surface area contributed by atoms with Gasteiger partial charge in [-0.15, -0.1) is 0 Å². The minimum Gasteiger partial charge on any atom is -0.398 e. The van der Waals surface area contributed by atoms with Crippen LogP contribution in [0.2, 0.25) is 0 Å². The average molecular weight is 262 g/mol. The van der Waals surface area contributed by atoms with Gasteiger partial charge in [-0.05, 0) is 11.6 Å². The van der Waals surface area contributed by atoms with Gasteiger partial charge in [0.15, 0.2) is 0 Å². The van der Waals surface area contributed by atoms with E-state index in [-0.39, 0.29) is 5.41 Å². The predicted octanol–water partition coefficient (Wildman–Crippen LogP) is 3.03. The summed E-state index contributed by atoms with van der Waals surface area (Å²) in [5.74, 6) is 0.871. The molecule has 0 saturated carbocycles. The molecule has 0 amide bonds. The minimum absolute atomic E-state index is 0.0117. The Hall–Kier alpha value is -1.62. The third-order valence-corrected chi connectivity index (χ3v) is 3.25. The Morgan fingerprint density at radius 3 is 2.61 bits per heavy atom.